The first kappa shape index (κ1) is 21.6. The highest BCUT2D eigenvalue weighted by Crippen LogP contribution is 2.15. The van der Waals surface area contributed by atoms with Crippen LogP contribution in [-0.2, 0) is 0 Å². The highest BCUT2D eigenvalue weighted by molar-refractivity contribution is 5.30. The number of unbranched alkanes of at least 4 members (excludes halogenated alkanes) is 4. The molecule has 1 aromatic rings. The van der Waals surface area contributed by atoms with E-state index in [1.54, 1.807) is 0 Å². The summed E-state index contributed by atoms with van der Waals surface area (Å²) in [6, 6.07) is 9.60. The van der Waals surface area contributed by atoms with Crippen molar-refractivity contribution in [3.63, 3.8) is 0 Å². The Kier molecular flexibility index (Phi) is 15.3. The SMILES string of the molecule is C#CC1=CCCCC1.C#CCCCCCC.C#Cc1ccccc1. The van der Waals surface area contributed by atoms with E-state index in [1.807, 2.05) is 30.3 Å². The van der Waals surface area contributed by atoms with Crippen LogP contribution in [-0.4, -0.2) is 0 Å². The molecule has 1 aromatic carbocycles. The Morgan fingerprint density at radius 3 is 2.08 bits per heavy atom. The highest BCUT2D eigenvalue weighted by Gasteiger charge is 1.97. The molecule has 0 heterocycles. The minimum Gasteiger partial charge on any atom is -0.120 e. The predicted octanol–water partition coefficient (Wildman–Crippen LogP) is 6.38. The van der Waals surface area contributed by atoms with Crippen LogP contribution in [0.1, 0.15) is 70.3 Å². The topological polar surface area (TPSA) is 0 Å². The van der Waals surface area contributed by atoms with Crippen LogP contribution in [0.5, 0.6) is 0 Å². The van der Waals surface area contributed by atoms with Gasteiger partial charge < -0.3 is 0 Å². The van der Waals surface area contributed by atoms with Crippen LogP contribution in [0.15, 0.2) is 42.0 Å². The molecule has 0 fully saturated rings. The second-order valence-electron chi connectivity index (χ2n) is 5.64. The van der Waals surface area contributed by atoms with Crippen LogP contribution in [0.25, 0.3) is 0 Å². The van der Waals surface area contributed by atoms with Gasteiger partial charge in [0.1, 0.15) is 0 Å². The van der Waals surface area contributed by atoms with Crippen molar-refractivity contribution in [3.8, 4) is 37.0 Å². The largest absolute Gasteiger partial charge is 0.120 e. The molecular formula is C24H30. The third kappa shape index (κ3) is 13.3. The standard InChI is InChI=1S/C8H10.C8H6.C8H14/c2*1-2-8-6-4-3-5-7-8;1-3-5-7-8-6-4-2/h1,6H,3-5,7H2;1,3-7H;1H,4-8H2,2H3. The first-order valence-electron chi connectivity index (χ1n) is 8.89. The number of terminal acetylenes is 3. The number of benzene rings is 1. The van der Waals surface area contributed by atoms with Gasteiger partial charge in [-0.3, -0.25) is 0 Å². The fourth-order valence-corrected chi connectivity index (χ4v) is 2.16. The van der Waals surface area contributed by atoms with Crippen molar-refractivity contribution >= 4 is 0 Å². The summed E-state index contributed by atoms with van der Waals surface area (Å²) in [6.07, 6.45) is 28.6. The fraction of sp³-hybridized carbons (Fsp3) is 0.417. The minimum atomic E-state index is 0.938. The van der Waals surface area contributed by atoms with E-state index in [0.29, 0.717) is 0 Å². The van der Waals surface area contributed by atoms with E-state index in [4.69, 9.17) is 19.3 Å². The Hall–Kier alpha value is -2.36. The third-order valence-electron chi connectivity index (χ3n) is 3.59. The molecule has 0 amide bonds. The molecule has 0 aliphatic heterocycles. The molecule has 1 aliphatic rings. The number of rotatable bonds is 4. The van der Waals surface area contributed by atoms with Gasteiger partial charge in [0.05, 0.1) is 0 Å². The summed E-state index contributed by atoms with van der Waals surface area (Å²) in [6.45, 7) is 2.20. The van der Waals surface area contributed by atoms with Crippen molar-refractivity contribution in [1.29, 1.82) is 0 Å². The second-order valence-corrected chi connectivity index (χ2v) is 5.64. The van der Waals surface area contributed by atoms with Crippen molar-refractivity contribution in [2.45, 2.75) is 64.7 Å². The monoisotopic (exact) mass is 318 g/mol. The van der Waals surface area contributed by atoms with E-state index in [-0.39, 0.29) is 0 Å². The van der Waals surface area contributed by atoms with Crippen molar-refractivity contribution < 1.29 is 0 Å². The molecule has 0 spiro atoms. The van der Waals surface area contributed by atoms with Crippen molar-refractivity contribution in [2.24, 2.45) is 0 Å². The van der Waals surface area contributed by atoms with E-state index < -0.39 is 0 Å². The van der Waals surface area contributed by atoms with Gasteiger partial charge in [0, 0.05) is 12.0 Å². The van der Waals surface area contributed by atoms with Crippen LogP contribution in [0, 0.1) is 37.0 Å². The van der Waals surface area contributed by atoms with Crippen LogP contribution in [0.2, 0.25) is 0 Å². The van der Waals surface area contributed by atoms with Gasteiger partial charge in [-0.15, -0.1) is 25.2 Å². The second kappa shape index (κ2) is 17.0. The molecule has 0 bridgehead atoms. The zero-order valence-corrected chi connectivity index (χ0v) is 15.1. The molecule has 0 N–H and O–H groups in total. The average molecular weight is 319 g/mol. The maximum absolute atomic E-state index is 5.18. The lowest BCUT2D eigenvalue weighted by Gasteiger charge is -2.04. The Morgan fingerprint density at radius 1 is 0.917 bits per heavy atom. The van der Waals surface area contributed by atoms with Gasteiger partial charge in [0.25, 0.3) is 0 Å². The molecule has 0 unspecified atom stereocenters. The molecule has 0 heteroatoms. The molecule has 1 aliphatic carbocycles. The maximum atomic E-state index is 5.18. The summed E-state index contributed by atoms with van der Waals surface area (Å²) in [5, 5.41) is 0. The quantitative estimate of drug-likeness (QED) is 0.446. The van der Waals surface area contributed by atoms with Gasteiger partial charge in [-0.1, -0.05) is 62.3 Å². The number of hydrogen-bond acceptors (Lipinski definition) is 0. The van der Waals surface area contributed by atoms with E-state index in [1.165, 1.54) is 50.5 Å². The minimum absolute atomic E-state index is 0.938. The van der Waals surface area contributed by atoms with Gasteiger partial charge in [-0.05, 0) is 49.8 Å². The van der Waals surface area contributed by atoms with E-state index >= 15 is 0 Å². The van der Waals surface area contributed by atoms with Crippen LogP contribution in [0.3, 0.4) is 0 Å². The lowest BCUT2D eigenvalue weighted by atomic mass is 10.0. The van der Waals surface area contributed by atoms with Gasteiger partial charge in [0.15, 0.2) is 0 Å². The molecular weight excluding hydrogens is 288 g/mol. The molecule has 126 valence electrons. The first-order valence-corrected chi connectivity index (χ1v) is 8.89. The Balaban J connectivity index is 0.000000331. The summed E-state index contributed by atoms with van der Waals surface area (Å²) in [4.78, 5) is 0. The maximum Gasteiger partial charge on any atom is 0.0242 e. The van der Waals surface area contributed by atoms with Gasteiger partial charge >= 0.3 is 0 Å². The van der Waals surface area contributed by atoms with Crippen LogP contribution >= 0.6 is 0 Å². The molecule has 2 rings (SSSR count). The summed E-state index contributed by atoms with van der Waals surface area (Å²) in [5.41, 5.74) is 2.14. The van der Waals surface area contributed by atoms with Crippen LogP contribution in [0.4, 0.5) is 0 Å². The van der Waals surface area contributed by atoms with Crippen molar-refractivity contribution in [1.82, 2.24) is 0 Å². The van der Waals surface area contributed by atoms with Gasteiger partial charge in [-0.2, -0.15) is 0 Å². The van der Waals surface area contributed by atoms with E-state index in [0.717, 1.165) is 18.4 Å². The summed E-state index contributed by atoms with van der Waals surface area (Å²) in [5.74, 6) is 7.82. The summed E-state index contributed by atoms with van der Waals surface area (Å²) >= 11 is 0. The molecule has 24 heavy (non-hydrogen) atoms. The average Bonchev–Trinajstić information content (AvgIpc) is 2.67. The Bertz CT molecular complexity index is 555. The first-order chi connectivity index (χ1) is 11.8. The molecule has 0 radical (unpaired) electrons. The van der Waals surface area contributed by atoms with E-state index in [9.17, 15) is 0 Å². The molecule has 0 aromatic heterocycles. The van der Waals surface area contributed by atoms with Crippen molar-refractivity contribution in [3.05, 3.63) is 47.5 Å². The smallest absolute Gasteiger partial charge is 0.0242 e. The number of allylic oxidation sites excluding steroid dienone is 2. The van der Waals surface area contributed by atoms with Gasteiger partial charge in [0.2, 0.25) is 0 Å². The normalized spacial score (nSPS) is 11.8. The molecule has 0 saturated carbocycles. The predicted molar refractivity (Wildman–Crippen MR) is 107 cm³/mol. The number of hydrogen-bond donors (Lipinski definition) is 0. The zero-order chi connectivity index (χ0) is 17.9. The molecule has 0 saturated heterocycles. The summed E-state index contributed by atoms with van der Waals surface area (Å²) in [7, 11) is 0. The summed E-state index contributed by atoms with van der Waals surface area (Å²) < 4.78 is 0. The van der Waals surface area contributed by atoms with Gasteiger partial charge in [-0.25, -0.2) is 0 Å². The lowest BCUT2D eigenvalue weighted by molar-refractivity contribution is 0.680. The lowest BCUT2D eigenvalue weighted by Crippen LogP contribution is -1.87. The fourth-order valence-electron chi connectivity index (χ4n) is 2.16. The Morgan fingerprint density at radius 2 is 1.67 bits per heavy atom. The van der Waals surface area contributed by atoms with E-state index in [2.05, 4.69) is 30.8 Å². The van der Waals surface area contributed by atoms with Crippen molar-refractivity contribution in [2.75, 3.05) is 0 Å². The molecule has 0 nitrogen and oxygen atoms in total. The third-order valence-corrected chi connectivity index (χ3v) is 3.59. The van der Waals surface area contributed by atoms with Crippen LogP contribution < -0.4 is 0 Å². The zero-order valence-electron chi connectivity index (χ0n) is 15.1. The highest BCUT2D eigenvalue weighted by atomic mass is 14.0. The molecule has 0 atom stereocenters. The Labute approximate surface area is 149 Å².